The summed E-state index contributed by atoms with van der Waals surface area (Å²) < 4.78 is 5.25. The summed E-state index contributed by atoms with van der Waals surface area (Å²) in [6.45, 7) is 8.08. The Balaban J connectivity index is 2.72. The highest BCUT2D eigenvalue weighted by atomic mass is 33.1. The summed E-state index contributed by atoms with van der Waals surface area (Å²) in [4.78, 5) is 75.1. The Bertz CT molecular complexity index is 1070. The minimum atomic E-state index is -1.02. The van der Waals surface area contributed by atoms with Gasteiger partial charge in [-0.1, -0.05) is 17.7 Å². The van der Waals surface area contributed by atoms with Crippen LogP contribution in [-0.2, 0) is 23.9 Å². The number of alkyl carbamates (subject to hydrolysis) is 1. The van der Waals surface area contributed by atoms with Crippen LogP contribution in [-0.4, -0.2) is 69.6 Å². The molecule has 0 saturated carbocycles. The minimum absolute atomic E-state index is 0.0554. The van der Waals surface area contributed by atoms with Crippen LogP contribution < -0.4 is 21.3 Å². The second-order valence-corrected chi connectivity index (χ2v) is 11.8. The number of carbonyl (C=O) groups excluding carboxylic acids is 5. The van der Waals surface area contributed by atoms with Crippen molar-refractivity contribution in [2.24, 2.45) is 0 Å². The lowest BCUT2D eigenvalue weighted by Crippen LogP contribution is -2.49. The predicted molar refractivity (Wildman–Crippen MR) is 150 cm³/mol. The number of nitrogens with zero attached hydrogens (tertiary/aromatic N) is 2. The topological polar surface area (TPSA) is 199 Å². The summed E-state index contributed by atoms with van der Waals surface area (Å²) >= 11 is 0. The van der Waals surface area contributed by atoms with Crippen LogP contribution in [0.15, 0.2) is 23.4 Å². The van der Waals surface area contributed by atoms with E-state index in [1.165, 1.54) is 25.3 Å². The molecular weight excluding hydrogens is 564 g/mol. The van der Waals surface area contributed by atoms with E-state index >= 15 is 0 Å². The highest BCUT2D eigenvalue weighted by Gasteiger charge is 2.26. The quantitative estimate of drug-likeness (QED) is 0.0998. The summed E-state index contributed by atoms with van der Waals surface area (Å²) in [6, 6.07) is 0.856. The van der Waals surface area contributed by atoms with Gasteiger partial charge in [-0.05, 0) is 56.9 Å². The molecule has 5 amide bonds. The van der Waals surface area contributed by atoms with Crippen LogP contribution in [0.4, 0.5) is 10.5 Å². The van der Waals surface area contributed by atoms with E-state index in [1.807, 2.05) is 0 Å². The molecule has 1 aromatic heterocycles. The van der Waals surface area contributed by atoms with Crippen molar-refractivity contribution >= 4 is 57.0 Å². The molecule has 0 aromatic carbocycles. The maximum absolute atomic E-state index is 12.9. The minimum Gasteiger partial charge on any atom is -0.444 e. The van der Waals surface area contributed by atoms with Crippen LogP contribution in [0.2, 0.25) is 0 Å². The second kappa shape index (κ2) is 17.3. The zero-order chi connectivity index (χ0) is 30.3. The number of rotatable bonds is 15. The number of carbonyl (C=O) groups is 5. The number of unbranched alkanes of at least 4 members (excludes halogenated alkanes) is 1. The van der Waals surface area contributed by atoms with Crippen LogP contribution >= 0.6 is 21.6 Å². The average Bonchev–Trinajstić information content (AvgIpc) is 2.85. The molecule has 16 heteroatoms. The molecule has 0 aliphatic heterocycles. The number of pyridine rings is 1. The lowest BCUT2D eigenvalue weighted by molar-refractivity contribution is -0.388. The summed E-state index contributed by atoms with van der Waals surface area (Å²) in [7, 11) is 2.11. The van der Waals surface area contributed by atoms with Crippen molar-refractivity contribution in [3.63, 3.8) is 0 Å². The molecule has 0 radical (unpaired) electrons. The maximum Gasteiger partial charge on any atom is 0.408 e. The number of amides is 5. The molecular formula is C24H36N6O8S2. The Kier molecular flexibility index (Phi) is 15.0. The smallest absolute Gasteiger partial charge is 0.408 e. The molecule has 4 N–H and O–H groups in total. The molecule has 0 aliphatic carbocycles. The van der Waals surface area contributed by atoms with Gasteiger partial charge >= 0.3 is 11.8 Å². The van der Waals surface area contributed by atoms with Gasteiger partial charge in [0.2, 0.25) is 23.6 Å². The van der Waals surface area contributed by atoms with E-state index in [2.05, 4.69) is 26.3 Å². The van der Waals surface area contributed by atoms with E-state index in [-0.39, 0.29) is 41.8 Å². The summed E-state index contributed by atoms with van der Waals surface area (Å²) in [6.07, 6.45) is 1.93. The van der Waals surface area contributed by atoms with E-state index < -0.39 is 46.4 Å². The van der Waals surface area contributed by atoms with Gasteiger partial charge < -0.3 is 20.7 Å². The number of imide groups is 1. The molecule has 0 aliphatic rings. The van der Waals surface area contributed by atoms with E-state index in [0.29, 0.717) is 12.8 Å². The molecule has 0 fully saturated rings. The number of hydrogen-bond donors (Lipinski definition) is 4. The Hall–Kier alpha value is -3.40. The van der Waals surface area contributed by atoms with Crippen molar-refractivity contribution in [2.75, 3.05) is 12.3 Å². The van der Waals surface area contributed by atoms with Gasteiger partial charge in [-0.2, -0.15) is 0 Å². The van der Waals surface area contributed by atoms with E-state index in [1.54, 1.807) is 27.7 Å². The second-order valence-electron chi connectivity index (χ2n) is 9.46. The number of aromatic nitrogens is 1. The van der Waals surface area contributed by atoms with Crippen molar-refractivity contribution in [1.29, 1.82) is 0 Å². The van der Waals surface area contributed by atoms with Crippen LogP contribution in [0.25, 0.3) is 0 Å². The lowest BCUT2D eigenvalue weighted by atomic mass is 10.1. The first kappa shape index (κ1) is 34.6. The summed E-state index contributed by atoms with van der Waals surface area (Å²) in [5.41, 5.74) is -0.966. The standard InChI is InChI=1S/C24H36N6O8S2/c1-6-19(32)28-16(21(34)27-15(2)31)10-7-8-12-25-20(33)17(29-23(35)38-24(3,4)5)14-39-40-22-18(30(36)37)11-9-13-26-22/h9,11,13,16-17H,6-8,10,12,14H2,1-5H3,(H,25,33)(H,28,32)(H,29,35)(H,27,31,34). The highest BCUT2D eigenvalue weighted by molar-refractivity contribution is 8.76. The molecule has 2 atom stereocenters. The average molecular weight is 601 g/mol. The zero-order valence-corrected chi connectivity index (χ0v) is 24.7. The third kappa shape index (κ3) is 14.1. The molecule has 40 heavy (non-hydrogen) atoms. The van der Waals surface area contributed by atoms with Crippen LogP contribution in [0.5, 0.6) is 0 Å². The molecule has 1 rings (SSSR count). The fourth-order valence-corrected chi connectivity index (χ4v) is 5.22. The zero-order valence-electron chi connectivity index (χ0n) is 23.1. The predicted octanol–water partition coefficient (Wildman–Crippen LogP) is 2.47. The summed E-state index contributed by atoms with van der Waals surface area (Å²) in [5.74, 6) is -1.92. The lowest BCUT2D eigenvalue weighted by Gasteiger charge is -2.23. The van der Waals surface area contributed by atoms with Gasteiger partial charge in [-0.25, -0.2) is 9.78 Å². The maximum atomic E-state index is 12.9. The van der Waals surface area contributed by atoms with Crippen molar-refractivity contribution in [2.45, 2.75) is 83.0 Å². The van der Waals surface area contributed by atoms with Gasteiger partial charge in [0.1, 0.15) is 17.7 Å². The number of nitrogens with one attached hydrogen (secondary N) is 4. The first-order valence-electron chi connectivity index (χ1n) is 12.5. The molecule has 1 aromatic rings. The van der Waals surface area contributed by atoms with Crippen molar-refractivity contribution in [3.8, 4) is 0 Å². The molecule has 0 saturated heterocycles. The number of nitro groups is 1. The fourth-order valence-electron chi connectivity index (χ4n) is 3.01. The fraction of sp³-hybridized carbons (Fsp3) is 0.583. The van der Waals surface area contributed by atoms with Crippen LogP contribution in [0.3, 0.4) is 0 Å². The molecule has 14 nitrogen and oxygen atoms in total. The van der Waals surface area contributed by atoms with E-state index in [9.17, 15) is 34.1 Å². The van der Waals surface area contributed by atoms with Crippen LogP contribution in [0, 0.1) is 10.1 Å². The van der Waals surface area contributed by atoms with Crippen LogP contribution in [0.1, 0.15) is 60.3 Å². The van der Waals surface area contributed by atoms with Gasteiger partial charge in [0, 0.05) is 37.9 Å². The largest absolute Gasteiger partial charge is 0.444 e. The third-order valence-electron chi connectivity index (χ3n) is 4.82. The Morgan fingerprint density at radius 3 is 2.40 bits per heavy atom. The van der Waals surface area contributed by atoms with E-state index in [4.69, 9.17) is 4.74 Å². The van der Waals surface area contributed by atoms with Crippen molar-refractivity contribution in [1.82, 2.24) is 26.3 Å². The molecule has 1 heterocycles. The first-order valence-corrected chi connectivity index (χ1v) is 14.8. The SMILES string of the molecule is CCC(=O)NC(CCCCNC(=O)C(CSSc1ncccc1[N+](=O)[O-])NC(=O)OC(C)(C)C)C(=O)NC(C)=O. The molecule has 0 spiro atoms. The third-order valence-corrected chi connectivity index (χ3v) is 7.11. The first-order chi connectivity index (χ1) is 18.7. The Morgan fingerprint density at radius 2 is 1.80 bits per heavy atom. The van der Waals surface area contributed by atoms with Gasteiger partial charge in [-0.15, -0.1) is 0 Å². The van der Waals surface area contributed by atoms with Gasteiger partial charge in [0.25, 0.3) is 0 Å². The van der Waals surface area contributed by atoms with Gasteiger partial charge in [0.15, 0.2) is 5.03 Å². The van der Waals surface area contributed by atoms with Crippen molar-refractivity contribution in [3.05, 3.63) is 28.4 Å². The van der Waals surface area contributed by atoms with Gasteiger partial charge in [-0.3, -0.25) is 34.6 Å². The Morgan fingerprint density at radius 1 is 1.10 bits per heavy atom. The van der Waals surface area contributed by atoms with Gasteiger partial charge in [0.05, 0.1) is 4.92 Å². The summed E-state index contributed by atoms with van der Waals surface area (Å²) in [5, 5.41) is 21.4. The molecule has 222 valence electrons. The monoisotopic (exact) mass is 600 g/mol. The normalized spacial score (nSPS) is 12.4. The number of ether oxygens (including phenoxy) is 1. The van der Waals surface area contributed by atoms with Crippen molar-refractivity contribution < 1.29 is 33.6 Å². The number of hydrogen-bond acceptors (Lipinski definition) is 11. The molecule has 0 bridgehead atoms. The van der Waals surface area contributed by atoms with E-state index in [0.717, 1.165) is 21.6 Å². The highest BCUT2D eigenvalue weighted by Crippen LogP contribution is 2.35. The molecule has 2 unspecified atom stereocenters. The Labute approximate surface area is 240 Å².